The summed E-state index contributed by atoms with van der Waals surface area (Å²) in [5.41, 5.74) is 2.57. The molecule has 1 aliphatic heterocycles. The first-order valence-electron chi connectivity index (χ1n) is 10.2. The third kappa shape index (κ3) is 4.72. The number of aryl methyl sites for hydroxylation is 2. The van der Waals surface area contributed by atoms with Gasteiger partial charge in [0.1, 0.15) is 10.7 Å². The van der Waals surface area contributed by atoms with Crippen LogP contribution in [0.3, 0.4) is 0 Å². The number of carbonyl (C=O) groups excluding carboxylic acids is 1. The van der Waals surface area contributed by atoms with Crippen molar-refractivity contribution in [3.05, 3.63) is 64.0 Å². The Bertz CT molecular complexity index is 1120. The van der Waals surface area contributed by atoms with Crippen LogP contribution < -0.4 is 4.90 Å². The highest BCUT2D eigenvalue weighted by molar-refractivity contribution is 7.99. The molecule has 0 aliphatic carbocycles. The minimum absolute atomic E-state index is 0.0154. The Hall–Kier alpha value is -3.47. The number of aromatic nitrogens is 4. The van der Waals surface area contributed by atoms with Crippen LogP contribution in [0.15, 0.2) is 47.5 Å². The lowest BCUT2D eigenvalue weighted by Crippen LogP contribution is -2.49. The van der Waals surface area contributed by atoms with Crippen LogP contribution >= 0.6 is 11.8 Å². The van der Waals surface area contributed by atoms with Crippen LogP contribution in [0.5, 0.6) is 0 Å². The van der Waals surface area contributed by atoms with Crippen LogP contribution in [0.4, 0.5) is 11.4 Å². The number of benzene rings is 1. The Morgan fingerprint density at radius 3 is 2.47 bits per heavy atom. The van der Waals surface area contributed by atoms with Gasteiger partial charge in [0, 0.05) is 37.9 Å². The fourth-order valence-corrected chi connectivity index (χ4v) is 4.39. The van der Waals surface area contributed by atoms with E-state index in [-0.39, 0.29) is 22.3 Å². The van der Waals surface area contributed by atoms with Gasteiger partial charge in [0.15, 0.2) is 5.82 Å². The lowest BCUT2D eigenvalue weighted by Gasteiger charge is -2.35. The van der Waals surface area contributed by atoms with Crippen molar-refractivity contribution in [3.8, 4) is 5.82 Å². The predicted octanol–water partition coefficient (Wildman–Crippen LogP) is 2.63. The summed E-state index contributed by atoms with van der Waals surface area (Å²) >= 11 is 1.34. The van der Waals surface area contributed by atoms with Gasteiger partial charge < -0.3 is 9.80 Å². The Kier molecular flexibility index (Phi) is 6.35. The van der Waals surface area contributed by atoms with E-state index >= 15 is 0 Å². The van der Waals surface area contributed by atoms with Crippen molar-refractivity contribution in [1.29, 1.82) is 0 Å². The van der Waals surface area contributed by atoms with Crippen LogP contribution in [0.2, 0.25) is 0 Å². The first-order chi connectivity index (χ1) is 15.4. The Morgan fingerprint density at radius 2 is 1.84 bits per heavy atom. The largest absolute Gasteiger partial charge is 0.362 e. The lowest BCUT2D eigenvalue weighted by molar-refractivity contribution is -0.384. The van der Waals surface area contributed by atoms with E-state index in [1.54, 1.807) is 27.8 Å². The van der Waals surface area contributed by atoms with E-state index < -0.39 is 0 Å². The van der Waals surface area contributed by atoms with Gasteiger partial charge in [0.25, 0.3) is 5.69 Å². The zero-order valence-corrected chi connectivity index (χ0v) is 18.7. The minimum atomic E-state index is -0.370. The molecule has 32 heavy (non-hydrogen) atoms. The van der Waals surface area contributed by atoms with Crippen LogP contribution in [0.1, 0.15) is 11.4 Å². The van der Waals surface area contributed by atoms with Crippen LogP contribution in [-0.2, 0) is 4.79 Å². The summed E-state index contributed by atoms with van der Waals surface area (Å²) in [6.07, 6.45) is 0. The summed E-state index contributed by atoms with van der Waals surface area (Å²) < 4.78 is 1.73. The molecular weight excluding hydrogens is 430 g/mol. The number of hydrogen-bond acceptors (Lipinski definition) is 8. The second-order valence-corrected chi connectivity index (χ2v) is 8.47. The number of hydrogen-bond donors (Lipinski definition) is 0. The molecule has 0 spiro atoms. The van der Waals surface area contributed by atoms with Crippen molar-refractivity contribution in [2.45, 2.75) is 18.9 Å². The Labute approximate surface area is 189 Å². The number of amides is 1. The maximum atomic E-state index is 12.6. The molecular formula is C21H23N7O3S. The number of thioether (sulfide) groups is 1. The molecule has 1 amide bonds. The van der Waals surface area contributed by atoms with Crippen molar-refractivity contribution >= 4 is 29.0 Å². The van der Waals surface area contributed by atoms with E-state index in [1.165, 1.54) is 17.8 Å². The molecule has 3 aromatic rings. The maximum Gasteiger partial charge on any atom is 0.292 e. The standard InChI is InChI=1S/C21H23N7O3S/c1-15-13-16(2)27(24-15)19-7-8-20(23-22-19)32-14-21(29)26-11-9-25(10-12-26)17-5-3-4-6-18(17)28(30)31/h3-8,13H,9-12,14H2,1-2H3. The second-order valence-electron chi connectivity index (χ2n) is 7.47. The number of para-hydroxylation sites is 2. The topological polar surface area (TPSA) is 110 Å². The molecule has 3 heterocycles. The Balaban J connectivity index is 1.30. The second kappa shape index (κ2) is 9.35. The van der Waals surface area contributed by atoms with Gasteiger partial charge in [-0.05, 0) is 38.1 Å². The third-order valence-corrected chi connectivity index (χ3v) is 6.15. The highest BCUT2D eigenvalue weighted by Crippen LogP contribution is 2.28. The molecule has 11 heteroatoms. The predicted molar refractivity (Wildman–Crippen MR) is 121 cm³/mol. The van der Waals surface area contributed by atoms with E-state index in [2.05, 4.69) is 15.3 Å². The molecule has 1 saturated heterocycles. The lowest BCUT2D eigenvalue weighted by atomic mass is 10.2. The van der Waals surface area contributed by atoms with Crippen molar-refractivity contribution in [3.63, 3.8) is 0 Å². The highest BCUT2D eigenvalue weighted by atomic mass is 32.2. The first-order valence-corrected chi connectivity index (χ1v) is 11.2. The van der Waals surface area contributed by atoms with E-state index in [0.29, 0.717) is 42.7 Å². The molecule has 1 aliphatic rings. The third-order valence-electron chi connectivity index (χ3n) is 5.25. The molecule has 0 atom stereocenters. The van der Waals surface area contributed by atoms with Crippen LogP contribution in [0, 0.1) is 24.0 Å². The van der Waals surface area contributed by atoms with E-state index in [1.807, 2.05) is 36.9 Å². The molecule has 0 radical (unpaired) electrons. The average molecular weight is 454 g/mol. The van der Waals surface area contributed by atoms with Gasteiger partial charge in [-0.3, -0.25) is 14.9 Å². The monoisotopic (exact) mass is 453 g/mol. The van der Waals surface area contributed by atoms with Crippen LogP contribution in [0.25, 0.3) is 5.82 Å². The van der Waals surface area contributed by atoms with E-state index in [0.717, 1.165) is 11.4 Å². The van der Waals surface area contributed by atoms with Crippen molar-refractivity contribution in [2.24, 2.45) is 0 Å². The molecule has 0 saturated carbocycles. The molecule has 4 rings (SSSR count). The molecule has 2 aromatic heterocycles. The molecule has 166 valence electrons. The number of anilines is 1. The van der Waals surface area contributed by atoms with E-state index in [9.17, 15) is 14.9 Å². The number of piperazine rings is 1. The van der Waals surface area contributed by atoms with Gasteiger partial charge >= 0.3 is 0 Å². The SMILES string of the molecule is Cc1cc(C)n(-c2ccc(SCC(=O)N3CCN(c4ccccc4[N+](=O)[O-])CC3)nn2)n1. The number of nitrogens with zero attached hydrogens (tertiary/aromatic N) is 7. The highest BCUT2D eigenvalue weighted by Gasteiger charge is 2.25. The number of rotatable bonds is 6. The Morgan fingerprint density at radius 1 is 1.09 bits per heavy atom. The first kappa shape index (κ1) is 21.8. The molecule has 10 nitrogen and oxygen atoms in total. The fraction of sp³-hybridized carbons (Fsp3) is 0.333. The quantitative estimate of drug-likeness (QED) is 0.318. The normalized spacial score (nSPS) is 13.9. The fourth-order valence-electron chi connectivity index (χ4n) is 3.67. The van der Waals surface area contributed by atoms with Gasteiger partial charge in [-0.2, -0.15) is 5.10 Å². The molecule has 1 aromatic carbocycles. The molecule has 1 fully saturated rings. The van der Waals surface area contributed by atoms with Gasteiger partial charge in [0.05, 0.1) is 16.4 Å². The molecule has 0 bridgehead atoms. The zero-order chi connectivity index (χ0) is 22.7. The summed E-state index contributed by atoms with van der Waals surface area (Å²) in [5.74, 6) is 0.915. The average Bonchev–Trinajstić information content (AvgIpc) is 3.15. The zero-order valence-electron chi connectivity index (χ0n) is 17.8. The number of nitro groups is 1. The van der Waals surface area contributed by atoms with E-state index in [4.69, 9.17) is 0 Å². The summed E-state index contributed by atoms with van der Waals surface area (Å²) in [4.78, 5) is 27.3. The van der Waals surface area contributed by atoms with Crippen molar-refractivity contribution in [2.75, 3.05) is 36.8 Å². The van der Waals surface area contributed by atoms with Gasteiger partial charge in [-0.25, -0.2) is 4.68 Å². The van der Waals surface area contributed by atoms with Gasteiger partial charge in [0.2, 0.25) is 5.91 Å². The summed E-state index contributed by atoms with van der Waals surface area (Å²) in [7, 11) is 0. The minimum Gasteiger partial charge on any atom is -0.362 e. The summed E-state index contributed by atoms with van der Waals surface area (Å²) in [6.45, 7) is 6.03. The maximum absolute atomic E-state index is 12.6. The molecule has 0 unspecified atom stereocenters. The van der Waals surface area contributed by atoms with Gasteiger partial charge in [-0.1, -0.05) is 23.9 Å². The summed E-state index contributed by atoms with van der Waals surface area (Å²) in [6, 6.07) is 12.3. The summed E-state index contributed by atoms with van der Waals surface area (Å²) in [5, 5.41) is 24.8. The smallest absolute Gasteiger partial charge is 0.292 e. The van der Waals surface area contributed by atoms with Crippen molar-refractivity contribution < 1.29 is 9.72 Å². The number of carbonyl (C=O) groups is 1. The van der Waals surface area contributed by atoms with Gasteiger partial charge in [-0.15, -0.1) is 10.2 Å². The van der Waals surface area contributed by atoms with Crippen LogP contribution in [-0.4, -0.2) is 67.6 Å². The van der Waals surface area contributed by atoms with Crippen molar-refractivity contribution in [1.82, 2.24) is 24.9 Å². The number of nitro benzene ring substituents is 1. The molecule has 0 N–H and O–H groups in total.